The first kappa shape index (κ1) is 34.6. The van der Waals surface area contributed by atoms with Crippen molar-refractivity contribution in [1.29, 1.82) is 21.0 Å². The van der Waals surface area contributed by atoms with Crippen LogP contribution in [0.1, 0.15) is 11.1 Å². The topological polar surface area (TPSA) is 138 Å². The highest BCUT2D eigenvalue weighted by molar-refractivity contribution is 6.05. The third-order valence-electron chi connectivity index (χ3n) is 6.79. The molecule has 3 aromatic rings. The minimum Gasteiger partial charge on any atom is -0.436 e. The van der Waals surface area contributed by atoms with Crippen molar-refractivity contribution in [2.24, 2.45) is 0 Å². The van der Waals surface area contributed by atoms with Gasteiger partial charge in [0.15, 0.2) is 69.2 Å². The maximum Gasteiger partial charge on any atom is 0.422 e. The summed E-state index contributed by atoms with van der Waals surface area (Å²) in [5.41, 5.74) is -18.7. The molecule has 2 aliphatic rings. The third-order valence-corrected chi connectivity index (χ3v) is 6.79. The Balaban J connectivity index is 2.07. The Bertz CT molecular complexity index is 2040. The van der Waals surface area contributed by atoms with E-state index < -0.39 is 138 Å². The van der Waals surface area contributed by atoms with Gasteiger partial charge < -0.3 is 20.1 Å². The van der Waals surface area contributed by atoms with E-state index in [2.05, 4.69) is 0 Å². The molecule has 50 heavy (non-hydrogen) atoms. The van der Waals surface area contributed by atoms with Gasteiger partial charge in [-0.1, -0.05) is 0 Å². The van der Waals surface area contributed by atoms with Crippen molar-refractivity contribution >= 4 is 11.4 Å². The number of nitriles is 4. The summed E-state index contributed by atoms with van der Waals surface area (Å²) in [6, 6.07) is 4.76. The lowest BCUT2D eigenvalue weighted by atomic mass is 9.91. The van der Waals surface area contributed by atoms with Crippen molar-refractivity contribution in [2.75, 3.05) is 10.6 Å². The molecule has 2 N–H and O–H groups in total. The van der Waals surface area contributed by atoms with E-state index in [4.69, 9.17) is 9.47 Å². The van der Waals surface area contributed by atoms with Gasteiger partial charge in [0.2, 0.25) is 11.8 Å². The van der Waals surface area contributed by atoms with Gasteiger partial charge in [0, 0.05) is 0 Å². The molecule has 0 amide bonds. The molecule has 0 unspecified atom stereocenters. The van der Waals surface area contributed by atoms with Gasteiger partial charge in [-0.2, -0.15) is 47.4 Å². The number of anilines is 2. The van der Waals surface area contributed by atoms with Gasteiger partial charge in [-0.25, -0.2) is 35.1 Å². The summed E-state index contributed by atoms with van der Waals surface area (Å²) >= 11 is 0. The van der Waals surface area contributed by atoms with Crippen molar-refractivity contribution in [3.8, 4) is 58.0 Å². The number of rotatable bonds is 2. The molecule has 8 nitrogen and oxygen atoms in total. The zero-order valence-electron chi connectivity index (χ0n) is 22.9. The van der Waals surface area contributed by atoms with Gasteiger partial charge in [-0.05, 0) is 0 Å². The highest BCUT2D eigenvalue weighted by atomic mass is 19.4. The average Bonchev–Trinajstić information content (AvgIpc) is 3.65. The van der Waals surface area contributed by atoms with Gasteiger partial charge in [0.05, 0.1) is 33.6 Å². The Labute approximate surface area is 265 Å². The summed E-state index contributed by atoms with van der Waals surface area (Å²) in [6.45, 7) is 0. The first-order chi connectivity index (χ1) is 23.3. The quantitative estimate of drug-likeness (QED) is 0.153. The lowest BCUT2D eigenvalue weighted by molar-refractivity contribution is -0.144. The first-order valence-corrected chi connectivity index (χ1v) is 12.4. The van der Waals surface area contributed by atoms with Gasteiger partial charge in [0.25, 0.3) is 0 Å². The number of allylic oxidation sites excluding steroid dienone is 2. The van der Waals surface area contributed by atoms with Crippen molar-refractivity contribution < 1.29 is 70.9 Å². The molecule has 0 aliphatic carbocycles. The third kappa shape index (κ3) is 4.88. The normalized spacial score (nSPS) is 13.1. The number of alkyl halides is 6. The number of hydrogen-bond acceptors (Lipinski definition) is 8. The Morgan fingerprint density at radius 1 is 0.440 bits per heavy atom. The molecule has 0 aromatic heterocycles. The largest absolute Gasteiger partial charge is 0.436 e. The van der Waals surface area contributed by atoms with Crippen molar-refractivity contribution in [2.45, 2.75) is 12.4 Å². The van der Waals surface area contributed by atoms with Crippen LogP contribution in [0.5, 0.6) is 11.5 Å². The standard InChI is InChI=1S/C28H2F14N6O2/c29-13-7(14(30)18(34)11(17(13)33)27(37,38)39)9-21-23(49-25(47-21)5(1-43)2-44)10(22-24(9)50-26(48-22)6(3-45)4-46)8-15(31)19(35)12(28(40,41)42)20(36)16(8)32/h47-48H. The summed E-state index contributed by atoms with van der Waals surface area (Å²) in [5, 5.41) is 40.9. The number of nitrogens with zero attached hydrogens (tertiary/aromatic N) is 4. The number of hydrogen-bond donors (Lipinski definition) is 2. The van der Waals surface area contributed by atoms with Crippen molar-refractivity contribution in [3.63, 3.8) is 0 Å². The second-order valence-corrected chi connectivity index (χ2v) is 9.48. The second kappa shape index (κ2) is 11.5. The fraction of sp³-hybridized carbons (Fsp3) is 0.0714. The average molecular weight is 720 g/mol. The van der Waals surface area contributed by atoms with E-state index in [1.54, 1.807) is 0 Å². The molecule has 5 rings (SSSR count). The zero-order valence-corrected chi connectivity index (χ0v) is 22.9. The van der Waals surface area contributed by atoms with E-state index in [0.29, 0.717) is 0 Å². The second-order valence-electron chi connectivity index (χ2n) is 9.48. The monoisotopic (exact) mass is 720 g/mol. The molecule has 0 bridgehead atoms. The number of nitrogens with one attached hydrogen (secondary N) is 2. The Kier molecular flexibility index (Phi) is 7.96. The van der Waals surface area contributed by atoms with Crippen LogP contribution >= 0.6 is 0 Å². The van der Waals surface area contributed by atoms with Gasteiger partial charge in [-0.3, -0.25) is 0 Å². The molecular weight excluding hydrogens is 718 g/mol. The molecule has 2 heterocycles. The lowest BCUT2D eigenvalue weighted by Gasteiger charge is -2.20. The summed E-state index contributed by atoms with van der Waals surface area (Å²) in [6.07, 6.45) is -12.2. The number of fused-ring (bicyclic) bond motifs is 2. The van der Waals surface area contributed by atoms with Crippen LogP contribution in [0.3, 0.4) is 0 Å². The summed E-state index contributed by atoms with van der Waals surface area (Å²) in [7, 11) is 0. The Morgan fingerprint density at radius 2 is 0.700 bits per heavy atom. The molecule has 0 fully saturated rings. The smallest absolute Gasteiger partial charge is 0.422 e. The maximum absolute atomic E-state index is 15.5. The first-order valence-electron chi connectivity index (χ1n) is 12.4. The zero-order chi connectivity index (χ0) is 37.4. The molecule has 3 aromatic carbocycles. The van der Waals surface area contributed by atoms with Crippen molar-refractivity contribution in [3.05, 3.63) is 80.6 Å². The number of benzene rings is 3. The van der Waals surface area contributed by atoms with Crippen molar-refractivity contribution in [1.82, 2.24) is 0 Å². The Hall–Kier alpha value is -6.68. The molecule has 0 spiro atoms. The van der Waals surface area contributed by atoms with E-state index in [1.807, 2.05) is 10.6 Å². The SMILES string of the molecule is N#CC(C#N)=C1Nc2c(c(-c3c(F)c(F)c(C(F)(F)F)c(F)c3F)c3c(c2-c2c(F)c(F)c(C(F)(F)F)c(F)c2F)OC(=C(C#N)C#N)N3)O1. The molecular formula is C28H2F14N6O2. The minimum absolute atomic E-state index is 1.17. The van der Waals surface area contributed by atoms with Crippen LogP contribution in [0.25, 0.3) is 22.3 Å². The molecule has 22 heteroatoms. The van der Waals surface area contributed by atoms with Crippen LogP contribution in [0.15, 0.2) is 22.9 Å². The van der Waals surface area contributed by atoms with E-state index in [9.17, 15) is 65.0 Å². The van der Waals surface area contributed by atoms with Gasteiger partial charge in [0.1, 0.15) is 35.4 Å². The molecule has 2 aliphatic heterocycles. The van der Waals surface area contributed by atoms with E-state index in [0.717, 1.165) is 0 Å². The minimum atomic E-state index is -6.08. The number of halogens is 14. The Morgan fingerprint density at radius 3 is 0.920 bits per heavy atom. The fourth-order valence-electron chi connectivity index (χ4n) is 4.79. The van der Waals surface area contributed by atoms with Gasteiger partial charge >= 0.3 is 12.4 Å². The molecule has 254 valence electrons. The predicted octanol–water partition coefficient (Wildman–Crippen LogP) is 8.30. The molecule has 0 radical (unpaired) electrons. The van der Waals surface area contributed by atoms with Crippen LogP contribution in [-0.4, -0.2) is 0 Å². The van der Waals surface area contributed by atoms with Crippen LogP contribution in [0, 0.1) is 91.9 Å². The van der Waals surface area contributed by atoms with E-state index >= 15 is 17.6 Å². The molecule has 0 saturated carbocycles. The summed E-state index contributed by atoms with van der Waals surface area (Å²) in [4.78, 5) is 0. The van der Waals surface area contributed by atoms with E-state index in [-0.39, 0.29) is 0 Å². The summed E-state index contributed by atoms with van der Waals surface area (Å²) in [5.74, 6) is -29.2. The lowest BCUT2D eigenvalue weighted by Crippen LogP contribution is -2.16. The van der Waals surface area contributed by atoms with E-state index in [1.165, 1.54) is 24.3 Å². The predicted molar refractivity (Wildman–Crippen MR) is 132 cm³/mol. The molecule has 0 saturated heterocycles. The van der Waals surface area contributed by atoms with Crippen LogP contribution in [-0.2, 0) is 12.4 Å². The highest BCUT2D eigenvalue weighted by Crippen LogP contribution is 2.62. The number of ether oxygens (including phenoxy) is 2. The van der Waals surface area contributed by atoms with Crippen LogP contribution in [0.4, 0.5) is 72.8 Å². The maximum atomic E-state index is 15.5. The highest BCUT2D eigenvalue weighted by Gasteiger charge is 2.48. The molecule has 0 atom stereocenters. The van der Waals surface area contributed by atoms with Gasteiger partial charge in [-0.15, -0.1) is 0 Å². The fourth-order valence-corrected chi connectivity index (χ4v) is 4.79. The van der Waals surface area contributed by atoms with Crippen LogP contribution in [0.2, 0.25) is 0 Å². The van der Waals surface area contributed by atoms with Crippen LogP contribution < -0.4 is 20.1 Å². The summed E-state index contributed by atoms with van der Waals surface area (Å²) < 4.78 is 211.